The maximum Gasteiger partial charge on any atom is 0.298 e. The summed E-state index contributed by atoms with van der Waals surface area (Å²) in [5, 5.41) is 11.6. The van der Waals surface area contributed by atoms with Crippen molar-refractivity contribution in [2.24, 2.45) is 41.3 Å². The van der Waals surface area contributed by atoms with Gasteiger partial charge in [-0.1, -0.05) is 0 Å². The molecule has 4 aromatic heterocycles. The molecule has 25 heteroatoms. The molecule has 1 atom stereocenters. The zero-order valence-corrected chi connectivity index (χ0v) is 43.6. The molecular formula is C50H68N14O11. The fourth-order valence-corrected chi connectivity index (χ4v) is 8.44. The van der Waals surface area contributed by atoms with Gasteiger partial charge in [-0.15, -0.1) is 0 Å². The van der Waals surface area contributed by atoms with Crippen molar-refractivity contribution in [1.82, 2.24) is 43.1 Å². The molecule has 7 N–H and O–H groups in total. The van der Waals surface area contributed by atoms with Crippen LogP contribution in [0.25, 0.3) is 22.1 Å². The number of nitrogens with two attached hydrogens (primary N) is 3. The van der Waals surface area contributed by atoms with Gasteiger partial charge in [0, 0.05) is 64.4 Å². The first-order chi connectivity index (χ1) is 35.9. The zero-order valence-electron chi connectivity index (χ0n) is 43.6. The second kappa shape index (κ2) is 26.6. The van der Waals surface area contributed by atoms with Crippen molar-refractivity contribution >= 4 is 57.5 Å². The molecule has 0 fully saturated rings. The number of hydrogen-bond acceptors (Lipinski definition) is 13. The van der Waals surface area contributed by atoms with Crippen LogP contribution in [0.2, 0.25) is 0 Å². The third-order valence-corrected chi connectivity index (χ3v) is 12.2. The highest BCUT2D eigenvalue weighted by molar-refractivity contribution is 5.98. The molecule has 6 rings (SSSR count). The lowest BCUT2D eigenvalue weighted by molar-refractivity contribution is -0.135. The Bertz CT molecular complexity index is 2990. The number of rotatable bonds is 29. The molecule has 6 aromatic rings. The van der Waals surface area contributed by atoms with Gasteiger partial charge in [-0.2, -0.15) is 20.2 Å². The van der Waals surface area contributed by atoms with Crippen LogP contribution in [0.15, 0.2) is 58.5 Å². The minimum Gasteiger partial charge on any atom is -0.379 e. The number of primary amides is 3. The van der Waals surface area contributed by atoms with Crippen LogP contribution in [0.4, 0.5) is 0 Å². The highest BCUT2D eigenvalue weighted by Gasteiger charge is 2.23. The Hall–Kier alpha value is -7.58. The van der Waals surface area contributed by atoms with E-state index in [0.29, 0.717) is 66.4 Å². The Labute approximate surface area is 432 Å². The third kappa shape index (κ3) is 14.6. The maximum absolute atomic E-state index is 14.0. The summed E-state index contributed by atoms with van der Waals surface area (Å²) in [5.41, 5.74) is 22.0. The molecule has 0 radical (unpaired) electrons. The van der Waals surface area contributed by atoms with Crippen molar-refractivity contribution in [3.63, 3.8) is 0 Å². The van der Waals surface area contributed by atoms with E-state index in [4.69, 9.17) is 40.9 Å². The lowest BCUT2D eigenvalue weighted by atomic mass is 10.1. The van der Waals surface area contributed by atoms with E-state index in [2.05, 4.69) is 25.5 Å². The van der Waals surface area contributed by atoms with Gasteiger partial charge in [-0.3, -0.25) is 38.1 Å². The van der Waals surface area contributed by atoms with Crippen molar-refractivity contribution in [2.45, 2.75) is 92.4 Å². The molecule has 0 bridgehead atoms. The fraction of sp³-hybridized carbons (Fsp3) is 0.480. The van der Waals surface area contributed by atoms with Gasteiger partial charge in [0.1, 0.15) is 18.0 Å². The van der Waals surface area contributed by atoms with Crippen LogP contribution in [-0.4, -0.2) is 138 Å². The van der Waals surface area contributed by atoms with Crippen LogP contribution in [0, 0.1) is 13.8 Å². The first-order valence-corrected chi connectivity index (χ1v) is 24.7. The molecule has 0 saturated heterocycles. The number of carbonyl (C=O) groups is 6. The Morgan fingerprint density at radius 1 is 0.627 bits per heavy atom. The Morgan fingerprint density at radius 3 is 1.56 bits per heavy atom. The Morgan fingerprint density at radius 2 is 1.11 bits per heavy atom. The average Bonchev–Trinajstić information content (AvgIpc) is 4.11. The van der Waals surface area contributed by atoms with Crippen LogP contribution in [0.3, 0.4) is 0 Å². The molecule has 0 aliphatic carbocycles. The minimum absolute atomic E-state index is 0.0830. The summed E-state index contributed by atoms with van der Waals surface area (Å²) in [6.07, 6.45) is -1.37. The number of imidazole rings is 2. The van der Waals surface area contributed by atoms with Crippen LogP contribution in [0.1, 0.15) is 93.1 Å². The quantitative estimate of drug-likeness (QED) is 0.0381. The van der Waals surface area contributed by atoms with Gasteiger partial charge in [0.2, 0.25) is 34.9 Å². The molecule has 2 aromatic carbocycles. The summed E-state index contributed by atoms with van der Waals surface area (Å²) in [6, 6.07) is 13.2. The Kier molecular flexibility index (Phi) is 20.1. The molecule has 75 heavy (non-hydrogen) atoms. The van der Waals surface area contributed by atoms with Crippen LogP contribution >= 0.6 is 0 Å². The normalized spacial score (nSPS) is 13.0. The second-order valence-electron chi connectivity index (χ2n) is 17.5. The van der Waals surface area contributed by atoms with Crippen molar-refractivity contribution in [3.05, 3.63) is 93.7 Å². The molecule has 0 spiro atoms. The molecule has 404 valence electrons. The van der Waals surface area contributed by atoms with Gasteiger partial charge in [0.05, 0.1) is 79.2 Å². The summed E-state index contributed by atoms with van der Waals surface area (Å²) in [4.78, 5) is 87.2. The van der Waals surface area contributed by atoms with E-state index >= 15 is 0 Å². The highest BCUT2D eigenvalue weighted by atomic mass is 16.6. The molecular weight excluding hydrogens is 973 g/mol. The van der Waals surface area contributed by atoms with Crippen molar-refractivity contribution < 1.29 is 52.5 Å². The number of ether oxygens (including phenoxy) is 5. The molecule has 4 heterocycles. The molecule has 0 aliphatic rings. The summed E-state index contributed by atoms with van der Waals surface area (Å²) in [5.74, 6) is -3.52. The first kappa shape index (κ1) is 56.7. The molecule has 0 saturated carbocycles. The molecule has 6 amide bonds. The van der Waals surface area contributed by atoms with E-state index < -0.39 is 54.4 Å². The van der Waals surface area contributed by atoms with Crippen molar-refractivity contribution in [2.75, 3.05) is 52.9 Å². The zero-order chi connectivity index (χ0) is 54.3. The maximum atomic E-state index is 14.0. The monoisotopic (exact) mass is 1040 g/mol. The lowest BCUT2D eigenvalue weighted by Gasteiger charge is -2.22. The van der Waals surface area contributed by atoms with Gasteiger partial charge in [0.15, 0.2) is 6.23 Å². The van der Waals surface area contributed by atoms with E-state index in [9.17, 15) is 28.8 Å². The number of nitrogens with one attached hydrogen (secondary N) is 1. The average molecular weight is 1040 g/mol. The van der Waals surface area contributed by atoms with Crippen molar-refractivity contribution in [3.8, 4) is 0 Å². The third-order valence-electron chi connectivity index (χ3n) is 12.2. The lowest BCUT2D eigenvalue weighted by Crippen LogP contribution is -2.43. The first-order valence-electron chi connectivity index (χ1n) is 24.7. The van der Waals surface area contributed by atoms with Crippen LogP contribution in [0.5, 0.6) is 0 Å². The number of benzene rings is 2. The van der Waals surface area contributed by atoms with Crippen LogP contribution < -0.4 is 33.8 Å². The predicted octanol–water partition coefficient (Wildman–Crippen LogP) is 1.27. The van der Waals surface area contributed by atoms with Gasteiger partial charge in [-0.25, -0.2) is 0 Å². The van der Waals surface area contributed by atoms with Gasteiger partial charge in [-0.05, 0) is 96.0 Å². The number of hydrogen-bond donors (Lipinski definition) is 4. The van der Waals surface area contributed by atoms with E-state index in [1.807, 2.05) is 29.9 Å². The SMILES string of the molecule is CCOCCOCCOCC(NC(=O)COC(CCn1c(=NC(=O)c2cc(C)nn2CC)n(C)c2cc(C(N)=O)ccc21)CCn1c(=NC(=O)c2cc(C)nn2CC)n(C)c2cc(C(N)=O)ccc21)OCCC(N)=O. The predicted molar refractivity (Wildman–Crippen MR) is 273 cm³/mol. The Balaban J connectivity index is 1.36. The fourth-order valence-electron chi connectivity index (χ4n) is 8.44. The van der Waals surface area contributed by atoms with E-state index in [1.54, 1.807) is 95.0 Å². The topological polar surface area (TPSA) is 319 Å². The van der Waals surface area contributed by atoms with E-state index in [-0.39, 0.29) is 92.5 Å². The van der Waals surface area contributed by atoms with Gasteiger partial charge in [0.25, 0.3) is 11.8 Å². The highest BCUT2D eigenvalue weighted by Crippen LogP contribution is 2.20. The minimum atomic E-state index is -0.987. The van der Waals surface area contributed by atoms with Gasteiger partial charge < -0.3 is 64.5 Å². The summed E-state index contributed by atoms with van der Waals surface area (Å²) in [7, 11) is 3.44. The van der Waals surface area contributed by atoms with Crippen LogP contribution in [-0.2, 0) is 73.5 Å². The standard InChI is InChI=1S/C50H68N14O11/c1-8-63-40(25-31(4)57-63)47(69)55-49-59(6)38-27-33(45(52)67)11-13-36(38)61(49)18-15-35(75-29-43(66)54-44(74-20-17-42(51)65)30-73-24-23-72-22-21-71-10-3)16-19-62-37-14-12-34(46(53)68)28-39(37)60(7)50(62)56-48(70)41-26-32(5)58-64(41)9-2/h11-14,25-28,35,44H,8-10,15-24,29-30H2,1-7H3,(H2,51,65)(H2,52,67)(H2,53,68)(H,54,66). The number of amides is 6. The number of aromatic nitrogens is 8. The number of carbonyl (C=O) groups excluding carboxylic acids is 6. The number of aryl methyl sites for hydroxylation is 8. The van der Waals surface area contributed by atoms with Gasteiger partial charge >= 0.3 is 0 Å². The largest absolute Gasteiger partial charge is 0.379 e. The van der Waals surface area contributed by atoms with E-state index in [0.717, 1.165) is 0 Å². The summed E-state index contributed by atoms with van der Waals surface area (Å²) >= 11 is 0. The molecule has 0 aliphatic heterocycles. The second-order valence-corrected chi connectivity index (χ2v) is 17.5. The van der Waals surface area contributed by atoms with E-state index in [1.165, 1.54) is 0 Å². The number of nitrogens with zero attached hydrogens (tertiary/aromatic N) is 10. The summed E-state index contributed by atoms with van der Waals surface area (Å²) in [6.45, 7) is 11.6. The molecule has 25 nitrogen and oxygen atoms in total. The smallest absolute Gasteiger partial charge is 0.298 e. The van der Waals surface area contributed by atoms with Crippen molar-refractivity contribution in [1.29, 1.82) is 0 Å². The number of fused-ring (bicyclic) bond motifs is 2. The summed E-state index contributed by atoms with van der Waals surface area (Å²) < 4.78 is 39.0. The molecule has 1 unspecified atom stereocenters.